The van der Waals surface area contributed by atoms with Gasteiger partial charge in [0, 0.05) is 36.3 Å². The molecule has 1 aliphatic heterocycles. The van der Waals surface area contributed by atoms with E-state index in [2.05, 4.69) is 35.7 Å². The van der Waals surface area contributed by atoms with Gasteiger partial charge in [0.1, 0.15) is 5.75 Å². The van der Waals surface area contributed by atoms with Crippen LogP contribution < -0.4 is 39.4 Å². The fourth-order valence-electron chi connectivity index (χ4n) is 5.70. The number of carboxylic acid groups (broad SMARTS) is 1. The molecule has 1 fully saturated rings. The summed E-state index contributed by atoms with van der Waals surface area (Å²) in [5, 5.41) is 13.1. The van der Waals surface area contributed by atoms with Crippen molar-refractivity contribution >= 4 is 11.9 Å². The van der Waals surface area contributed by atoms with Crippen LogP contribution in [0.25, 0.3) is 0 Å². The third kappa shape index (κ3) is 6.03. The van der Waals surface area contributed by atoms with Gasteiger partial charge in [-0.1, -0.05) is 46.8 Å². The largest absolute Gasteiger partial charge is 1.00 e. The van der Waals surface area contributed by atoms with Crippen molar-refractivity contribution in [2.45, 2.75) is 70.4 Å². The van der Waals surface area contributed by atoms with Crippen LogP contribution >= 0.6 is 0 Å². The first-order valence-electron chi connectivity index (χ1n) is 12.9. The zero-order valence-electron chi connectivity index (χ0n) is 23.8. The van der Waals surface area contributed by atoms with E-state index in [0.717, 1.165) is 5.56 Å². The number of aromatic nitrogens is 3. The number of aliphatic carboxylic acids is 1. The molecule has 1 saturated heterocycles. The minimum atomic E-state index is -1.58. The summed E-state index contributed by atoms with van der Waals surface area (Å²) in [4.78, 5) is 42.3. The molecule has 3 atom stereocenters. The maximum absolute atomic E-state index is 14.5. The molecule has 0 unspecified atom stereocenters. The Hall–Kier alpha value is -2.81. The van der Waals surface area contributed by atoms with Crippen molar-refractivity contribution in [2.24, 2.45) is 5.92 Å². The molecule has 0 saturated carbocycles. The summed E-state index contributed by atoms with van der Waals surface area (Å²) in [6, 6.07) is 10.1. The van der Waals surface area contributed by atoms with Gasteiger partial charge >= 0.3 is 29.6 Å². The van der Waals surface area contributed by atoms with Gasteiger partial charge in [0.05, 0.1) is 36.0 Å². The van der Waals surface area contributed by atoms with E-state index in [0.29, 0.717) is 22.7 Å². The average Bonchev–Trinajstić information content (AvgIpc) is 3.24. The number of rotatable bonds is 7. The molecule has 39 heavy (non-hydrogen) atoms. The molecule has 8 nitrogen and oxygen atoms in total. The SMILES string of the molecule is COc1cc(C(=O)N2[C@@H](c3ccccn3)[C@H](c3cnccn3)C[C@@]2(CC(C)C)C(=O)[O-])ccc1C(C)(C)C.[Na+]. The Labute approximate surface area is 252 Å². The van der Waals surface area contributed by atoms with E-state index >= 15 is 0 Å². The number of carboxylic acids is 1. The molecule has 0 N–H and O–H groups in total. The zero-order chi connectivity index (χ0) is 27.7. The van der Waals surface area contributed by atoms with Gasteiger partial charge in [-0.2, -0.15) is 0 Å². The van der Waals surface area contributed by atoms with E-state index < -0.39 is 29.4 Å². The normalized spacial score (nSPS) is 20.9. The van der Waals surface area contributed by atoms with Gasteiger partial charge in [0.2, 0.25) is 0 Å². The van der Waals surface area contributed by atoms with Gasteiger partial charge in [0.25, 0.3) is 5.91 Å². The third-order valence-electron chi connectivity index (χ3n) is 7.23. The molecule has 0 bridgehead atoms. The van der Waals surface area contributed by atoms with Crippen molar-refractivity contribution in [2.75, 3.05) is 7.11 Å². The summed E-state index contributed by atoms with van der Waals surface area (Å²) in [7, 11) is 1.57. The van der Waals surface area contributed by atoms with E-state index in [1.54, 1.807) is 50.1 Å². The molecule has 1 amide bonds. The Balaban J connectivity index is 0.00000420. The van der Waals surface area contributed by atoms with Crippen molar-refractivity contribution in [1.82, 2.24) is 19.9 Å². The molecule has 2 aromatic heterocycles. The van der Waals surface area contributed by atoms with Crippen LogP contribution in [-0.4, -0.2) is 44.4 Å². The number of carbonyl (C=O) groups is 2. The molecule has 3 aromatic rings. The third-order valence-corrected chi connectivity index (χ3v) is 7.23. The Morgan fingerprint density at radius 2 is 1.82 bits per heavy atom. The Morgan fingerprint density at radius 1 is 1.10 bits per heavy atom. The van der Waals surface area contributed by atoms with Gasteiger partial charge in [-0.3, -0.25) is 19.7 Å². The van der Waals surface area contributed by atoms with E-state index in [1.807, 2.05) is 32.0 Å². The number of benzene rings is 1. The predicted octanol–water partition coefficient (Wildman–Crippen LogP) is 1.09. The molecule has 9 heteroatoms. The summed E-state index contributed by atoms with van der Waals surface area (Å²) >= 11 is 0. The summed E-state index contributed by atoms with van der Waals surface area (Å²) in [5.41, 5.74) is 0.691. The van der Waals surface area contributed by atoms with Crippen LogP contribution in [0.2, 0.25) is 0 Å². The van der Waals surface area contributed by atoms with Crippen LogP contribution in [0.5, 0.6) is 5.75 Å². The number of carbonyl (C=O) groups excluding carboxylic acids is 2. The van der Waals surface area contributed by atoms with Crippen molar-refractivity contribution in [3.63, 3.8) is 0 Å². The minimum Gasteiger partial charge on any atom is -0.548 e. The maximum atomic E-state index is 14.5. The quantitative estimate of drug-likeness (QED) is 0.415. The van der Waals surface area contributed by atoms with E-state index in [1.165, 1.54) is 4.90 Å². The van der Waals surface area contributed by atoms with Crippen LogP contribution in [0.4, 0.5) is 0 Å². The first kappa shape index (κ1) is 30.7. The number of hydrogen-bond donors (Lipinski definition) is 0. The van der Waals surface area contributed by atoms with Gasteiger partial charge in [-0.05, 0) is 54.0 Å². The smallest absolute Gasteiger partial charge is 0.548 e. The molecule has 0 spiro atoms. The van der Waals surface area contributed by atoms with Crippen molar-refractivity contribution < 1.29 is 49.0 Å². The molecule has 200 valence electrons. The van der Waals surface area contributed by atoms with Crippen molar-refractivity contribution in [3.8, 4) is 5.75 Å². The summed E-state index contributed by atoms with van der Waals surface area (Å²) in [6.07, 6.45) is 6.78. The molecular formula is C30H35N4NaO4. The molecule has 0 aliphatic carbocycles. The molecular weight excluding hydrogens is 503 g/mol. The Kier molecular flexibility index (Phi) is 9.57. The maximum Gasteiger partial charge on any atom is 1.00 e. The zero-order valence-corrected chi connectivity index (χ0v) is 25.8. The van der Waals surface area contributed by atoms with Gasteiger partial charge in [-0.15, -0.1) is 0 Å². The van der Waals surface area contributed by atoms with Crippen LogP contribution in [0.3, 0.4) is 0 Å². The van der Waals surface area contributed by atoms with Crippen LogP contribution in [-0.2, 0) is 10.2 Å². The summed E-state index contributed by atoms with van der Waals surface area (Å²) in [5.74, 6) is -1.60. The Morgan fingerprint density at radius 3 is 2.36 bits per heavy atom. The summed E-state index contributed by atoms with van der Waals surface area (Å²) < 4.78 is 5.66. The minimum absolute atomic E-state index is 0. The van der Waals surface area contributed by atoms with Gasteiger partial charge in [-0.25, -0.2) is 0 Å². The van der Waals surface area contributed by atoms with E-state index in [4.69, 9.17) is 4.74 Å². The fraction of sp³-hybridized carbons (Fsp3) is 0.433. The number of ether oxygens (including phenoxy) is 1. The monoisotopic (exact) mass is 538 g/mol. The van der Waals surface area contributed by atoms with Gasteiger partial charge in [0.15, 0.2) is 0 Å². The van der Waals surface area contributed by atoms with Gasteiger partial charge < -0.3 is 19.5 Å². The van der Waals surface area contributed by atoms with E-state index in [9.17, 15) is 14.7 Å². The number of hydrogen-bond acceptors (Lipinski definition) is 7. The second-order valence-corrected chi connectivity index (χ2v) is 11.4. The molecule has 0 radical (unpaired) electrons. The summed E-state index contributed by atoms with van der Waals surface area (Å²) in [6.45, 7) is 10.1. The van der Waals surface area contributed by atoms with Crippen molar-refractivity contribution in [3.05, 3.63) is 83.7 Å². The molecule has 3 heterocycles. The number of methoxy groups -OCH3 is 1. The molecule has 4 rings (SSSR count). The second kappa shape index (κ2) is 12.1. The second-order valence-electron chi connectivity index (χ2n) is 11.4. The number of amides is 1. The number of pyridine rings is 1. The number of likely N-dealkylation sites (tertiary alicyclic amines) is 1. The van der Waals surface area contributed by atoms with Crippen LogP contribution in [0, 0.1) is 5.92 Å². The Bertz CT molecular complexity index is 1300. The topological polar surface area (TPSA) is 108 Å². The molecule has 1 aromatic carbocycles. The number of nitrogens with zero attached hydrogens (tertiary/aromatic N) is 4. The molecule has 1 aliphatic rings. The first-order valence-corrected chi connectivity index (χ1v) is 12.9. The predicted molar refractivity (Wildman–Crippen MR) is 141 cm³/mol. The standard InChI is InChI=1S/C30H36N4O4.Na/c1-19(2)16-30(28(36)37)17-21(24-18-31-13-14-33-24)26(23-9-7-8-12-32-23)34(30)27(35)20-10-11-22(29(3,4)5)25(15-20)38-6;/h7-15,18-19,21,26H,16-17H2,1-6H3,(H,36,37);/q;+1/p-1/t21-,26+,30-;/m0./s1. The fourth-order valence-corrected chi connectivity index (χ4v) is 5.70. The first-order chi connectivity index (χ1) is 18.0. The van der Waals surface area contributed by atoms with Crippen molar-refractivity contribution in [1.29, 1.82) is 0 Å². The van der Waals surface area contributed by atoms with Crippen LogP contribution in [0.1, 0.15) is 86.7 Å². The average molecular weight is 539 g/mol. The van der Waals surface area contributed by atoms with E-state index in [-0.39, 0.29) is 53.7 Å². The van der Waals surface area contributed by atoms with Crippen LogP contribution in [0.15, 0.2) is 61.2 Å².